The van der Waals surface area contributed by atoms with Gasteiger partial charge in [0, 0.05) is 11.4 Å². The molecule has 1 unspecified atom stereocenters. The summed E-state index contributed by atoms with van der Waals surface area (Å²) in [4.78, 5) is 11.6. The molecule has 0 aliphatic rings. The largest absolute Gasteiger partial charge is 0.449 e. The van der Waals surface area contributed by atoms with Gasteiger partial charge in [-0.15, -0.1) is 0 Å². The molecule has 0 aliphatic carbocycles. The highest BCUT2D eigenvalue weighted by Crippen LogP contribution is 2.14. The molecule has 0 heterocycles. The topological polar surface area (TPSA) is 64.3 Å². The molecule has 0 fully saturated rings. The lowest BCUT2D eigenvalue weighted by molar-refractivity contribution is 0.136. The van der Waals surface area contributed by atoms with Gasteiger partial charge in [0.25, 0.3) is 0 Å². The highest BCUT2D eigenvalue weighted by atomic mass is 16.5. The van der Waals surface area contributed by atoms with Gasteiger partial charge < -0.3 is 10.5 Å². The lowest BCUT2D eigenvalue weighted by Gasteiger charge is -2.15. The van der Waals surface area contributed by atoms with Crippen LogP contribution in [-0.2, 0) is 4.74 Å². The molecule has 0 aromatic heterocycles. The van der Waals surface area contributed by atoms with E-state index in [1.54, 1.807) is 24.3 Å². The fraction of sp³-hybridized carbons (Fsp3) is 0.533. The van der Waals surface area contributed by atoms with Gasteiger partial charge in [-0.1, -0.05) is 33.1 Å². The Balaban J connectivity index is 2.32. The van der Waals surface area contributed by atoms with E-state index in [0.717, 1.165) is 12.8 Å². The molecular weight excluding hydrogens is 240 g/mol. The third kappa shape index (κ3) is 6.13. The van der Waals surface area contributed by atoms with E-state index in [4.69, 9.17) is 10.5 Å². The molecule has 3 N–H and O–H groups in total. The van der Waals surface area contributed by atoms with Gasteiger partial charge in [0.05, 0.1) is 6.61 Å². The quantitative estimate of drug-likeness (QED) is 0.731. The summed E-state index contributed by atoms with van der Waals surface area (Å²) in [6.07, 6.45) is 4.10. The number of nitrogens with two attached hydrogens (primary N) is 1. The van der Waals surface area contributed by atoms with Crippen molar-refractivity contribution < 1.29 is 9.53 Å². The van der Waals surface area contributed by atoms with E-state index in [1.165, 1.54) is 12.8 Å². The lowest BCUT2D eigenvalue weighted by Crippen LogP contribution is -2.18. The van der Waals surface area contributed by atoms with Crippen molar-refractivity contribution in [3.8, 4) is 0 Å². The molecule has 0 radical (unpaired) electrons. The van der Waals surface area contributed by atoms with Gasteiger partial charge in [-0.05, 0) is 36.6 Å². The number of benzene rings is 1. The van der Waals surface area contributed by atoms with Gasteiger partial charge >= 0.3 is 6.09 Å². The second kappa shape index (κ2) is 8.40. The van der Waals surface area contributed by atoms with Crippen molar-refractivity contribution in [3.05, 3.63) is 24.3 Å². The molecule has 1 aromatic rings. The highest BCUT2D eigenvalue weighted by Gasteiger charge is 2.09. The summed E-state index contributed by atoms with van der Waals surface area (Å²) < 4.78 is 5.24. The van der Waals surface area contributed by atoms with E-state index in [1.807, 2.05) is 0 Å². The van der Waals surface area contributed by atoms with Crippen LogP contribution in [-0.4, -0.2) is 12.7 Å². The maximum Gasteiger partial charge on any atom is 0.411 e. The first-order valence-electron chi connectivity index (χ1n) is 6.95. The molecule has 0 saturated heterocycles. The van der Waals surface area contributed by atoms with Crippen molar-refractivity contribution >= 4 is 17.5 Å². The standard InChI is InChI=1S/C15H24N2O2/c1-3-5-6-12(4-2)11-19-15(18)17-14-9-7-13(16)8-10-14/h7-10,12H,3-6,11,16H2,1-2H3,(H,17,18). The molecule has 1 atom stereocenters. The first-order valence-corrected chi connectivity index (χ1v) is 6.95. The smallest absolute Gasteiger partial charge is 0.411 e. The van der Waals surface area contributed by atoms with Crippen molar-refractivity contribution in [1.82, 2.24) is 0 Å². The number of carbonyl (C=O) groups is 1. The molecule has 1 aromatic carbocycles. The molecule has 4 heteroatoms. The summed E-state index contributed by atoms with van der Waals surface area (Å²) in [6.45, 7) is 4.78. The fourth-order valence-electron chi connectivity index (χ4n) is 1.81. The summed E-state index contributed by atoms with van der Waals surface area (Å²) in [5.74, 6) is 0.456. The third-order valence-electron chi connectivity index (χ3n) is 3.15. The Bertz CT molecular complexity index is 376. The number of nitrogen functional groups attached to an aromatic ring is 1. The summed E-state index contributed by atoms with van der Waals surface area (Å²) >= 11 is 0. The van der Waals surface area contributed by atoms with Crippen molar-refractivity contribution in [3.63, 3.8) is 0 Å². The van der Waals surface area contributed by atoms with Crippen molar-refractivity contribution in [2.75, 3.05) is 17.7 Å². The number of anilines is 2. The minimum atomic E-state index is -0.403. The van der Waals surface area contributed by atoms with Crippen LogP contribution in [0.2, 0.25) is 0 Å². The van der Waals surface area contributed by atoms with Gasteiger partial charge in [0.1, 0.15) is 0 Å². The highest BCUT2D eigenvalue weighted by molar-refractivity contribution is 5.84. The Morgan fingerprint density at radius 1 is 1.32 bits per heavy atom. The van der Waals surface area contributed by atoms with Crippen molar-refractivity contribution in [2.24, 2.45) is 5.92 Å². The van der Waals surface area contributed by atoms with Crippen LogP contribution in [0.3, 0.4) is 0 Å². The second-order valence-electron chi connectivity index (χ2n) is 4.76. The molecule has 19 heavy (non-hydrogen) atoms. The fourth-order valence-corrected chi connectivity index (χ4v) is 1.81. The van der Waals surface area contributed by atoms with Crippen LogP contribution in [0.1, 0.15) is 39.5 Å². The molecule has 1 rings (SSSR count). The zero-order valence-corrected chi connectivity index (χ0v) is 11.8. The predicted molar refractivity (Wildman–Crippen MR) is 79.1 cm³/mol. The van der Waals surface area contributed by atoms with Gasteiger partial charge in [0.2, 0.25) is 0 Å². The van der Waals surface area contributed by atoms with Gasteiger partial charge in [-0.25, -0.2) is 4.79 Å². The number of ether oxygens (including phenoxy) is 1. The zero-order valence-electron chi connectivity index (χ0n) is 11.8. The molecule has 0 saturated carbocycles. The third-order valence-corrected chi connectivity index (χ3v) is 3.15. The average molecular weight is 264 g/mol. The number of nitrogens with one attached hydrogen (secondary N) is 1. The van der Waals surface area contributed by atoms with Crippen LogP contribution in [0.25, 0.3) is 0 Å². The van der Waals surface area contributed by atoms with E-state index in [2.05, 4.69) is 19.2 Å². The summed E-state index contributed by atoms with van der Waals surface area (Å²) in [7, 11) is 0. The second-order valence-corrected chi connectivity index (χ2v) is 4.76. The molecule has 0 aliphatic heterocycles. The number of carbonyl (C=O) groups excluding carboxylic acids is 1. The Hall–Kier alpha value is -1.71. The zero-order chi connectivity index (χ0) is 14.1. The number of unbranched alkanes of at least 4 members (excludes halogenated alkanes) is 1. The average Bonchev–Trinajstić information content (AvgIpc) is 2.42. The van der Waals surface area contributed by atoms with Crippen molar-refractivity contribution in [1.29, 1.82) is 0 Å². The monoisotopic (exact) mass is 264 g/mol. The minimum absolute atomic E-state index is 0.403. The van der Waals surface area contributed by atoms with Gasteiger partial charge in [-0.3, -0.25) is 5.32 Å². The van der Waals surface area contributed by atoms with Gasteiger partial charge in [0.15, 0.2) is 0 Å². The Labute approximate surface area is 115 Å². The SMILES string of the molecule is CCCCC(CC)COC(=O)Nc1ccc(N)cc1. The maximum atomic E-state index is 11.6. The predicted octanol–water partition coefficient (Wildman–Crippen LogP) is 4.03. The maximum absolute atomic E-state index is 11.6. The minimum Gasteiger partial charge on any atom is -0.449 e. The van der Waals surface area contributed by atoms with Crippen LogP contribution in [0, 0.1) is 5.92 Å². The van der Waals surface area contributed by atoms with Crippen LogP contribution >= 0.6 is 0 Å². The van der Waals surface area contributed by atoms with Crippen LogP contribution in [0.4, 0.5) is 16.2 Å². The normalized spacial score (nSPS) is 11.9. The van der Waals surface area contributed by atoms with Crippen LogP contribution in [0.15, 0.2) is 24.3 Å². The lowest BCUT2D eigenvalue weighted by atomic mass is 10.0. The molecular formula is C15H24N2O2. The van der Waals surface area contributed by atoms with E-state index in [-0.39, 0.29) is 0 Å². The Kier molecular flexibility index (Phi) is 6.79. The Morgan fingerprint density at radius 3 is 2.58 bits per heavy atom. The number of hydrogen-bond acceptors (Lipinski definition) is 3. The molecule has 106 valence electrons. The number of amides is 1. The first-order chi connectivity index (χ1) is 9.15. The van der Waals surface area contributed by atoms with Crippen LogP contribution < -0.4 is 11.1 Å². The number of hydrogen-bond donors (Lipinski definition) is 2. The summed E-state index contributed by atoms with van der Waals surface area (Å²) in [5.41, 5.74) is 6.94. The van der Waals surface area contributed by atoms with E-state index in [0.29, 0.717) is 23.9 Å². The van der Waals surface area contributed by atoms with E-state index >= 15 is 0 Å². The summed E-state index contributed by atoms with van der Waals surface area (Å²) in [6, 6.07) is 6.99. The van der Waals surface area contributed by atoms with E-state index < -0.39 is 6.09 Å². The number of rotatable bonds is 7. The molecule has 4 nitrogen and oxygen atoms in total. The molecule has 0 spiro atoms. The summed E-state index contributed by atoms with van der Waals surface area (Å²) in [5, 5.41) is 2.69. The van der Waals surface area contributed by atoms with Crippen molar-refractivity contribution in [2.45, 2.75) is 39.5 Å². The van der Waals surface area contributed by atoms with E-state index in [9.17, 15) is 4.79 Å². The van der Waals surface area contributed by atoms with Crippen LogP contribution in [0.5, 0.6) is 0 Å². The Morgan fingerprint density at radius 2 is 2.00 bits per heavy atom. The molecule has 1 amide bonds. The molecule has 0 bridgehead atoms. The first kappa shape index (κ1) is 15.3. The van der Waals surface area contributed by atoms with Gasteiger partial charge in [-0.2, -0.15) is 0 Å².